The Labute approximate surface area is 132 Å². The summed E-state index contributed by atoms with van der Waals surface area (Å²) in [6.45, 7) is 1.71. The van der Waals surface area contributed by atoms with Gasteiger partial charge in [-0.2, -0.15) is 4.98 Å². The van der Waals surface area contributed by atoms with Gasteiger partial charge in [0.15, 0.2) is 0 Å². The summed E-state index contributed by atoms with van der Waals surface area (Å²) < 4.78 is 17.8. The van der Waals surface area contributed by atoms with Crippen LogP contribution in [0.3, 0.4) is 0 Å². The Morgan fingerprint density at radius 1 is 1.22 bits per heavy atom. The van der Waals surface area contributed by atoms with E-state index in [1.807, 2.05) is 6.07 Å². The van der Waals surface area contributed by atoms with Crippen molar-refractivity contribution in [2.24, 2.45) is 0 Å². The van der Waals surface area contributed by atoms with Crippen LogP contribution < -0.4 is 5.32 Å². The maximum atomic E-state index is 12.9. The zero-order valence-electron chi connectivity index (χ0n) is 12.4. The Hall–Kier alpha value is -3.02. The molecule has 0 saturated carbocycles. The molecule has 0 bridgehead atoms. The van der Waals surface area contributed by atoms with E-state index in [4.69, 9.17) is 4.52 Å². The first-order valence-electron chi connectivity index (χ1n) is 7.05. The lowest BCUT2D eigenvalue weighted by molar-refractivity contribution is -0.115. The second-order valence-electron chi connectivity index (χ2n) is 5.07. The molecule has 0 fully saturated rings. The standard InChI is InChI=1S/C17H14FN3O2/c1-11-19-17(21-23-11)13-3-2-4-15(10-13)20-16(22)9-12-5-7-14(18)8-6-12/h2-8,10H,9H2,1H3,(H,20,22). The van der Waals surface area contributed by atoms with Crippen LogP contribution in [-0.2, 0) is 11.2 Å². The molecule has 6 heteroatoms. The average Bonchev–Trinajstić information content (AvgIpc) is 2.96. The summed E-state index contributed by atoms with van der Waals surface area (Å²) in [4.78, 5) is 16.2. The Morgan fingerprint density at radius 3 is 2.70 bits per heavy atom. The smallest absolute Gasteiger partial charge is 0.228 e. The third-order valence-corrected chi connectivity index (χ3v) is 3.21. The summed E-state index contributed by atoms with van der Waals surface area (Å²) in [6, 6.07) is 13.0. The first-order chi connectivity index (χ1) is 11.1. The van der Waals surface area contributed by atoms with Crippen molar-refractivity contribution in [2.45, 2.75) is 13.3 Å². The number of aromatic nitrogens is 2. The van der Waals surface area contributed by atoms with Crippen LogP contribution in [-0.4, -0.2) is 16.0 Å². The zero-order valence-corrected chi connectivity index (χ0v) is 12.4. The minimum Gasteiger partial charge on any atom is -0.339 e. The molecule has 5 nitrogen and oxygen atoms in total. The van der Waals surface area contributed by atoms with E-state index in [9.17, 15) is 9.18 Å². The van der Waals surface area contributed by atoms with Gasteiger partial charge < -0.3 is 9.84 Å². The fourth-order valence-electron chi connectivity index (χ4n) is 2.15. The van der Waals surface area contributed by atoms with Crippen LogP contribution in [0.1, 0.15) is 11.5 Å². The summed E-state index contributed by atoms with van der Waals surface area (Å²) in [5.41, 5.74) is 2.13. The fourth-order valence-corrected chi connectivity index (χ4v) is 2.15. The van der Waals surface area contributed by atoms with Crippen molar-refractivity contribution in [3.63, 3.8) is 0 Å². The lowest BCUT2D eigenvalue weighted by Gasteiger charge is -2.06. The molecule has 1 amide bonds. The van der Waals surface area contributed by atoms with Gasteiger partial charge in [-0.15, -0.1) is 0 Å². The molecular weight excluding hydrogens is 297 g/mol. The molecule has 0 unspecified atom stereocenters. The van der Waals surface area contributed by atoms with Crippen LogP contribution in [0.15, 0.2) is 53.1 Å². The molecule has 1 N–H and O–H groups in total. The minimum absolute atomic E-state index is 0.172. The highest BCUT2D eigenvalue weighted by molar-refractivity contribution is 5.92. The number of halogens is 1. The van der Waals surface area contributed by atoms with Crippen molar-refractivity contribution in [1.29, 1.82) is 0 Å². The third-order valence-electron chi connectivity index (χ3n) is 3.21. The van der Waals surface area contributed by atoms with Crippen LogP contribution in [0.25, 0.3) is 11.4 Å². The highest BCUT2D eigenvalue weighted by atomic mass is 19.1. The van der Waals surface area contributed by atoms with Crippen molar-refractivity contribution >= 4 is 11.6 Å². The number of nitrogens with one attached hydrogen (secondary N) is 1. The summed E-state index contributed by atoms with van der Waals surface area (Å²) in [7, 11) is 0. The molecule has 0 radical (unpaired) electrons. The molecule has 0 atom stereocenters. The molecule has 1 aromatic heterocycles. The van der Waals surface area contributed by atoms with Crippen molar-refractivity contribution < 1.29 is 13.7 Å². The highest BCUT2D eigenvalue weighted by Crippen LogP contribution is 2.20. The molecule has 0 aliphatic heterocycles. The Morgan fingerprint density at radius 2 is 2.00 bits per heavy atom. The predicted octanol–water partition coefficient (Wildman–Crippen LogP) is 3.37. The molecule has 3 aromatic rings. The molecule has 23 heavy (non-hydrogen) atoms. The van der Waals surface area contributed by atoms with E-state index in [-0.39, 0.29) is 18.1 Å². The van der Waals surface area contributed by atoms with Gasteiger partial charge >= 0.3 is 0 Å². The second kappa shape index (κ2) is 6.39. The molecule has 0 aliphatic rings. The molecule has 2 aromatic carbocycles. The topological polar surface area (TPSA) is 68.0 Å². The largest absolute Gasteiger partial charge is 0.339 e. The molecule has 0 spiro atoms. The van der Waals surface area contributed by atoms with E-state index in [1.54, 1.807) is 37.3 Å². The van der Waals surface area contributed by atoms with Gasteiger partial charge in [-0.05, 0) is 29.8 Å². The first kappa shape index (κ1) is 14.9. The number of aryl methyl sites for hydroxylation is 1. The van der Waals surface area contributed by atoms with Crippen LogP contribution in [0.5, 0.6) is 0 Å². The summed E-state index contributed by atoms with van der Waals surface area (Å²) in [5, 5.41) is 6.65. The first-order valence-corrected chi connectivity index (χ1v) is 7.05. The van der Waals surface area contributed by atoms with Gasteiger partial charge in [0, 0.05) is 18.2 Å². The molecular formula is C17H14FN3O2. The molecule has 3 rings (SSSR count). The van der Waals surface area contributed by atoms with E-state index < -0.39 is 0 Å². The number of hydrogen-bond donors (Lipinski definition) is 1. The normalized spacial score (nSPS) is 10.5. The molecule has 0 aliphatic carbocycles. The van der Waals surface area contributed by atoms with E-state index >= 15 is 0 Å². The lowest BCUT2D eigenvalue weighted by atomic mass is 10.1. The van der Waals surface area contributed by atoms with Gasteiger partial charge in [-0.25, -0.2) is 4.39 Å². The van der Waals surface area contributed by atoms with E-state index in [0.29, 0.717) is 17.4 Å². The number of rotatable bonds is 4. The van der Waals surface area contributed by atoms with E-state index in [2.05, 4.69) is 15.5 Å². The van der Waals surface area contributed by atoms with E-state index in [1.165, 1.54) is 12.1 Å². The van der Waals surface area contributed by atoms with Crippen molar-refractivity contribution in [3.8, 4) is 11.4 Å². The van der Waals surface area contributed by atoms with Gasteiger partial charge in [0.05, 0.1) is 6.42 Å². The fraction of sp³-hybridized carbons (Fsp3) is 0.118. The van der Waals surface area contributed by atoms with Crippen molar-refractivity contribution in [1.82, 2.24) is 10.1 Å². The van der Waals surface area contributed by atoms with Crippen LogP contribution >= 0.6 is 0 Å². The molecule has 116 valence electrons. The number of nitrogens with zero attached hydrogens (tertiary/aromatic N) is 2. The third kappa shape index (κ3) is 3.79. The predicted molar refractivity (Wildman–Crippen MR) is 83.2 cm³/mol. The quantitative estimate of drug-likeness (QED) is 0.802. The highest BCUT2D eigenvalue weighted by Gasteiger charge is 2.08. The zero-order chi connectivity index (χ0) is 16.2. The van der Waals surface area contributed by atoms with Crippen molar-refractivity contribution in [2.75, 3.05) is 5.32 Å². The molecule has 1 heterocycles. The van der Waals surface area contributed by atoms with Crippen LogP contribution in [0, 0.1) is 12.7 Å². The van der Waals surface area contributed by atoms with Gasteiger partial charge in [0.25, 0.3) is 0 Å². The Bertz CT molecular complexity index is 828. The van der Waals surface area contributed by atoms with Gasteiger partial charge in [0.1, 0.15) is 5.82 Å². The maximum Gasteiger partial charge on any atom is 0.228 e. The molecule has 0 saturated heterocycles. The summed E-state index contributed by atoms with van der Waals surface area (Å²) in [6.07, 6.45) is 0.172. The van der Waals surface area contributed by atoms with Crippen molar-refractivity contribution in [3.05, 3.63) is 65.8 Å². The summed E-state index contributed by atoms with van der Waals surface area (Å²) >= 11 is 0. The number of anilines is 1. The van der Waals surface area contributed by atoms with E-state index in [0.717, 1.165) is 11.1 Å². The van der Waals surface area contributed by atoms with Gasteiger partial charge in [-0.1, -0.05) is 29.4 Å². The number of carbonyl (C=O) groups excluding carboxylic acids is 1. The Balaban J connectivity index is 1.70. The number of carbonyl (C=O) groups is 1. The van der Waals surface area contributed by atoms with Gasteiger partial charge in [0.2, 0.25) is 17.6 Å². The number of hydrogen-bond acceptors (Lipinski definition) is 4. The minimum atomic E-state index is -0.322. The lowest BCUT2D eigenvalue weighted by Crippen LogP contribution is -2.14. The SMILES string of the molecule is Cc1nc(-c2cccc(NC(=O)Cc3ccc(F)cc3)c2)no1. The average molecular weight is 311 g/mol. The Kier molecular flexibility index (Phi) is 4.14. The number of benzene rings is 2. The monoisotopic (exact) mass is 311 g/mol. The summed E-state index contributed by atoms with van der Waals surface area (Å²) in [5.74, 6) is 0.443. The maximum absolute atomic E-state index is 12.9. The second-order valence-corrected chi connectivity index (χ2v) is 5.07. The van der Waals surface area contributed by atoms with Crippen LogP contribution in [0.4, 0.5) is 10.1 Å². The van der Waals surface area contributed by atoms with Crippen LogP contribution in [0.2, 0.25) is 0 Å². The number of amides is 1. The van der Waals surface area contributed by atoms with Gasteiger partial charge in [-0.3, -0.25) is 4.79 Å².